The highest BCUT2D eigenvalue weighted by Crippen LogP contribution is 2.22. The maximum Gasteiger partial charge on any atom is 0.263 e. The van der Waals surface area contributed by atoms with Gasteiger partial charge < -0.3 is 9.64 Å². The molecular formula is C17H23N3O4S. The van der Waals surface area contributed by atoms with Crippen LogP contribution >= 0.6 is 0 Å². The number of fused-ring (bicyclic) bond motifs is 1. The molecule has 0 saturated carbocycles. The molecule has 0 aromatic heterocycles. The highest BCUT2D eigenvalue weighted by molar-refractivity contribution is 7.90. The smallest absolute Gasteiger partial charge is 0.263 e. The third kappa shape index (κ3) is 4.01. The highest BCUT2D eigenvalue weighted by Gasteiger charge is 2.30. The number of nitrogens with zero attached hydrogens (tertiary/aromatic N) is 2. The van der Waals surface area contributed by atoms with Crippen LogP contribution in [-0.2, 0) is 19.6 Å². The molecule has 0 bridgehead atoms. The Morgan fingerprint density at radius 2 is 1.96 bits per heavy atom. The van der Waals surface area contributed by atoms with E-state index in [2.05, 4.69) is 9.71 Å². The number of ether oxygens (including phenoxy) is 1. The van der Waals surface area contributed by atoms with Crippen molar-refractivity contribution < 1.29 is 17.9 Å². The Balaban J connectivity index is 1.55. The second-order valence-electron chi connectivity index (χ2n) is 6.49. The molecule has 1 fully saturated rings. The van der Waals surface area contributed by atoms with Gasteiger partial charge in [-0.3, -0.25) is 14.5 Å². The van der Waals surface area contributed by atoms with Gasteiger partial charge in [-0.05, 0) is 32.4 Å². The number of carbonyl (C=O) groups is 1. The predicted molar refractivity (Wildman–Crippen MR) is 94.0 cm³/mol. The van der Waals surface area contributed by atoms with Gasteiger partial charge in [-0.1, -0.05) is 12.1 Å². The monoisotopic (exact) mass is 365 g/mol. The van der Waals surface area contributed by atoms with Crippen molar-refractivity contribution in [3.05, 3.63) is 29.8 Å². The molecule has 0 spiro atoms. The van der Waals surface area contributed by atoms with Gasteiger partial charge in [0.15, 0.2) is 0 Å². The normalized spacial score (nSPS) is 26.3. The summed E-state index contributed by atoms with van der Waals surface area (Å²) in [5.74, 6) is 0.450. The Bertz CT molecular complexity index is 781. The van der Waals surface area contributed by atoms with Gasteiger partial charge in [0.25, 0.3) is 10.0 Å². The fourth-order valence-electron chi connectivity index (χ4n) is 3.21. The van der Waals surface area contributed by atoms with E-state index in [0.717, 1.165) is 0 Å². The number of carbonyl (C=O) groups excluding carboxylic acids is 1. The van der Waals surface area contributed by atoms with Gasteiger partial charge in [-0.25, -0.2) is 8.42 Å². The lowest BCUT2D eigenvalue weighted by atomic mass is 10.2. The van der Waals surface area contributed by atoms with Crippen LogP contribution in [0.25, 0.3) is 0 Å². The summed E-state index contributed by atoms with van der Waals surface area (Å²) >= 11 is 0. The molecular weight excluding hydrogens is 342 g/mol. The third-order valence-corrected chi connectivity index (χ3v) is 5.65. The Labute approximate surface area is 148 Å². The molecule has 1 aromatic carbocycles. The molecule has 25 heavy (non-hydrogen) atoms. The molecule has 1 saturated heterocycles. The fourth-order valence-corrected chi connectivity index (χ4v) is 4.46. The van der Waals surface area contributed by atoms with Crippen molar-refractivity contribution in [2.45, 2.75) is 43.8 Å². The molecule has 0 radical (unpaired) electrons. The average molecular weight is 365 g/mol. The van der Waals surface area contributed by atoms with Crippen LogP contribution < -0.4 is 4.72 Å². The molecule has 2 aliphatic heterocycles. The Hall–Kier alpha value is -1.93. The number of hydrogen-bond acceptors (Lipinski definition) is 5. The first-order valence-corrected chi connectivity index (χ1v) is 9.95. The van der Waals surface area contributed by atoms with Crippen molar-refractivity contribution in [3.8, 4) is 0 Å². The molecule has 1 N–H and O–H groups in total. The van der Waals surface area contributed by atoms with Gasteiger partial charge >= 0.3 is 0 Å². The molecule has 3 rings (SSSR count). The van der Waals surface area contributed by atoms with Crippen LogP contribution in [0.1, 0.15) is 32.3 Å². The van der Waals surface area contributed by atoms with Crippen molar-refractivity contribution in [3.63, 3.8) is 0 Å². The first kappa shape index (κ1) is 17.9. The number of nitrogens with one attached hydrogen (secondary N) is 1. The van der Waals surface area contributed by atoms with Crippen LogP contribution in [-0.4, -0.2) is 56.9 Å². The van der Waals surface area contributed by atoms with E-state index in [4.69, 9.17) is 4.74 Å². The molecule has 2 atom stereocenters. The van der Waals surface area contributed by atoms with Crippen LogP contribution in [0.5, 0.6) is 0 Å². The third-order valence-electron chi connectivity index (χ3n) is 4.25. The lowest BCUT2D eigenvalue weighted by Gasteiger charge is -2.35. The van der Waals surface area contributed by atoms with E-state index >= 15 is 0 Å². The second-order valence-corrected chi connectivity index (χ2v) is 8.14. The van der Waals surface area contributed by atoms with Crippen LogP contribution in [0.3, 0.4) is 0 Å². The summed E-state index contributed by atoms with van der Waals surface area (Å²) in [6.07, 6.45) is 1.08. The van der Waals surface area contributed by atoms with Gasteiger partial charge in [-0.15, -0.1) is 0 Å². The van der Waals surface area contributed by atoms with Gasteiger partial charge in [-0.2, -0.15) is 0 Å². The van der Waals surface area contributed by atoms with Crippen molar-refractivity contribution >= 4 is 21.8 Å². The Kier molecular flexibility index (Phi) is 5.10. The van der Waals surface area contributed by atoms with E-state index in [-0.39, 0.29) is 23.0 Å². The number of amides is 1. The minimum atomic E-state index is -3.51. The van der Waals surface area contributed by atoms with Crippen molar-refractivity contribution in [2.75, 3.05) is 19.6 Å². The summed E-state index contributed by atoms with van der Waals surface area (Å²) in [5.41, 5.74) is 0.588. The highest BCUT2D eigenvalue weighted by atomic mass is 32.2. The SMILES string of the molecule is C[C@@H]1CN(C(=O)CCCN=C2NS(=O)(=O)c3ccccc32)C[C@@H](C)O1. The molecule has 2 aliphatic rings. The fraction of sp³-hybridized carbons (Fsp3) is 0.529. The lowest BCUT2D eigenvalue weighted by Crippen LogP contribution is -2.48. The van der Waals surface area contributed by atoms with E-state index in [1.54, 1.807) is 24.3 Å². The van der Waals surface area contributed by atoms with Gasteiger partial charge in [0, 0.05) is 31.6 Å². The first-order valence-electron chi connectivity index (χ1n) is 8.47. The topological polar surface area (TPSA) is 88.1 Å². The van der Waals surface area contributed by atoms with Crippen molar-refractivity contribution in [1.82, 2.24) is 9.62 Å². The first-order chi connectivity index (χ1) is 11.9. The Morgan fingerprint density at radius 3 is 2.68 bits per heavy atom. The summed E-state index contributed by atoms with van der Waals surface area (Å²) < 4.78 is 32.1. The number of sulfonamides is 1. The molecule has 136 valence electrons. The minimum absolute atomic E-state index is 0.0531. The zero-order chi connectivity index (χ0) is 18.0. The molecule has 0 unspecified atom stereocenters. The maximum atomic E-state index is 12.3. The molecule has 2 heterocycles. The van der Waals surface area contributed by atoms with E-state index in [1.807, 2.05) is 18.7 Å². The molecule has 1 amide bonds. The number of hydrogen-bond donors (Lipinski definition) is 1. The number of aliphatic imine (C=N–C) groups is 1. The summed E-state index contributed by atoms with van der Waals surface area (Å²) in [7, 11) is -3.51. The molecule has 7 nitrogen and oxygen atoms in total. The van der Waals surface area contributed by atoms with Crippen LogP contribution in [0.4, 0.5) is 0 Å². The maximum absolute atomic E-state index is 12.3. The van der Waals surface area contributed by atoms with Crippen LogP contribution in [0, 0.1) is 0 Å². The Morgan fingerprint density at radius 1 is 1.28 bits per heavy atom. The molecule has 8 heteroatoms. The summed E-state index contributed by atoms with van der Waals surface area (Å²) in [4.78, 5) is 18.7. The van der Waals surface area contributed by atoms with Crippen molar-refractivity contribution in [1.29, 1.82) is 0 Å². The summed E-state index contributed by atoms with van der Waals surface area (Å²) in [6.45, 7) is 5.56. The number of rotatable bonds is 4. The van der Waals surface area contributed by atoms with Crippen LogP contribution in [0.15, 0.2) is 34.2 Å². The molecule has 1 aromatic rings. The largest absolute Gasteiger partial charge is 0.372 e. The second kappa shape index (κ2) is 7.13. The zero-order valence-electron chi connectivity index (χ0n) is 14.4. The van der Waals surface area contributed by atoms with E-state index < -0.39 is 10.0 Å². The van der Waals surface area contributed by atoms with E-state index in [0.29, 0.717) is 43.9 Å². The van der Waals surface area contributed by atoms with E-state index in [9.17, 15) is 13.2 Å². The average Bonchev–Trinajstić information content (AvgIpc) is 2.82. The van der Waals surface area contributed by atoms with Gasteiger partial charge in [0.05, 0.1) is 17.1 Å². The van der Waals surface area contributed by atoms with E-state index in [1.165, 1.54) is 0 Å². The summed E-state index contributed by atoms with van der Waals surface area (Å²) in [6, 6.07) is 6.75. The minimum Gasteiger partial charge on any atom is -0.372 e. The van der Waals surface area contributed by atoms with Gasteiger partial charge in [0.1, 0.15) is 5.84 Å². The lowest BCUT2D eigenvalue weighted by molar-refractivity contribution is -0.143. The standard InChI is InChI=1S/C17H23N3O4S/c1-12-10-20(11-13(2)24-12)16(21)8-5-9-18-17-14-6-3-4-7-15(14)25(22,23)19-17/h3-4,6-7,12-13H,5,8-11H2,1-2H3,(H,18,19)/t12-,13-/m1/s1. The summed E-state index contributed by atoms with van der Waals surface area (Å²) in [5, 5.41) is 0. The van der Waals surface area contributed by atoms with Crippen molar-refractivity contribution in [2.24, 2.45) is 4.99 Å². The molecule has 0 aliphatic carbocycles. The van der Waals surface area contributed by atoms with Gasteiger partial charge in [0.2, 0.25) is 5.91 Å². The predicted octanol–water partition coefficient (Wildman–Crippen LogP) is 1.14. The number of morpholine rings is 1. The number of amidine groups is 1. The zero-order valence-corrected chi connectivity index (χ0v) is 15.3. The van der Waals surface area contributed by atoms with Crippen LogP contribution in [0.2, 0.25) is 0 Å². The quantitative estimate of drug-likeness (QED) is 0.811. The number of benzene rings is 1.